The van der Waals surface area contributed by atoms with Crippen molar-refractivity contribution in [2.24, 2.45) is 5.92 Å². The average molecular weight is 254 g/mol. The summed E-state index contributed by atoms with van der Waals surface area (Å²) < 4.78 is 18.3. The topological polar surface area (TPSA) is 64.4 Å². The third-order valence-electron chi connectivity index (χ3n) is 3.01. The van der Waals surface area contributed by atoms with E-state index in [-0.39, 0.29) is 5.69 Å². The van der Waals surface area contributed by atoms with Crippen LogP contribution in [-0.2, 0) is 11.3 Å². The van der Waals surface area contributed by atoms with E-state index in [1.165, 1.54) is 12.1 Å². The summed E-state index contributed by atoms with van der Waals surface area (Å²) in [6.45, 7) is 2.52. The number of nitrogens with one attached hydrogen (secondary N) is 1. The molecule has 1 aromatic carbocycles. The highest BCUT2D eigenvalue weighted by atomic mass is 19.1. The van der Waals surface area contributed by atoms with Gasteiger partial charge in [-0.25, -0.2) is 4.39 Å². The number of benzene rings is 1. The lowest BCUT2D eigenvalue weighted by Crippen LogP contribution is -2.23. The lowest BCUT2D eigenvalue weighted by atomic mass is 10.1. The second-order valence-corrected chi connectivity index (χ2v) is 4.39. The van der Waals surface area contributed by atoms with Gasteiger partial charge in [0.1, 0.15) is 5.82 Å². The second kappa shape index (κ2) is 5.88. The number of hydrogen-bond acceptors (Lipinski definition) is 4. The van der Waals surface area contributed by atoms with Gasteiger partial charge in [-0.05, 0) is 24.5 Å². The summed E-state index contributed by atoms with van der Waals surface area (Å²) in [5.41, 5.74) is 0.325. The zero-order chi connectivity index (χ0) is 13.0. The van der Waals surface area contributed by atoms with Crippen molar-refractivity contribution in [1.82, 2.24) is 5.32 Å². The van der Waals surface area contributed by atoms with E-state index in [4.69, 9.17) is 4.74 Å². The molecule has 1 N–H and O–H groups in total. The van der Waals surface area contributed by atoms with Crippen molar-refractivity contribution < 1.29 is 14.1 Å². The van der Waals surface area contributed by atoms with E-state index in [0.29, 0.717) is 18.0 Å². The minimum Gasteiger partial charge on any atom is -0.381 e. The highest BCUT2D eigenvalue weighted by molar-refractivity contribution is 5.40. The fourth-order valence-electron chi connectivity index (χ4n) is 2.03. The predicted octanol–water partition coefficient (Wildman–Crippen LogP) is 1.86. The molecule has 98 valence electrons. The molecule has 0 saturated carbocycles. The number of hydrogen-bond donors (Lipinski definition) is 1. The van der Waals surface area contributed by atoms with Gasteiger partial charge < -0.3 is 10.1 Å². The average Bonchev–Trinajstić information content (AvgIpc) is 2.82. The van der Waals surface area contributed by atoms with Crippen LogP contribution in [0.3, 0.4) is 0 Å². The number of halogens is 1. The lowest BCUT2D eigenvalue weighted by molar-refractivity contribution is -0.385. The minimum absolute atomic E-state index is 0.0495. The molecule has 0 radical (unpaired) electrons. The van der Waals surface area contributed by atoms with E-state index < -0.39 is 10.7 Å². The van der Waals surface area contributed by atoms with Gasteiger partial charge in [0.25, 0.3) is 5.69 Å². The molecule has 1 saturated heterocycles. The molecule has 1 aromatic rings. The van der Waals surface area contributed by atoms with E-state index in [9.17, 15) is 14.5 Å². The van der Waals surface area contributed by atoms with E-state index >= 15 is 0 Å². The maximum atomic E-state index is 13.1. The molecule has 0 spiro atoms. The molecule has 0 aliphatic carbocycles. The predicted molar refractivity (Wildman–Crippen MR) is 63.7 cm³/mol. The third kappa shape index (κ3) is 3.24. The lowest BCUT2D eigenvalue weighted by Gasteiger charge is -2.09. The SMILES string of the molecule is O=[N+]([O-])c1ccc(F)cc1CNCC1CCOC1. The minimum atomic E-state index is -0.491. The second-order valence-electron chi connectivity index (χ2n) is 4.39. The summed E-state index contributed by atoms with van der Waals surface area (Å²) in [4.78, 5) is 10.3. The molecule has 1 fully saturated rings. The normalized spacial score (nSPS) is 19.1. The Morgan fingerprint density at radius 2 is 2.39 bits per heavy atom. The number of nitrogens with zero attached hydrogens (tertiary/aromatic N) is 1. The van der Waals surface area contributed by atoms with Crippen molar-refractivity contribution in [2.45, 2.75) is 13.0 Å². The van der Waals surface area contributed by atoms with Crippen LogP contribution in [0.2, 0.25) is 0 Å². The van der Waals surface area contributed by atoms with Crippen LogP contribution < -0.4 is 5.32 Å². The molecule has 1 unspecified atom stereocenters. The molecule has 5 nitrogen and oxygen atoms in total. The van der Waals surface area contributed by atoms with Gasteiger partial charge in [0.15, 0.2) is 0 Å². The van der Waals surface area contributed by atoms with E-state index in [1.54, 1.807) is 0 Å². The smallest absolute Gasteiger partial charge is 0.274 e. The number of nitro groups is 1. The van der Waals surface area contributed by atoms with Crippen LogP contribution in [0.4, 0.5) is 10.1 Å². The summed E-state index contributed by atoms with van der Waals surface area (Å²) in [5, 5.41) is 13.9. The first kappa shape index (κ1) is 12.9. The van der Waals surface area contributed by atoms with Crippen LogP contribution in [0.25, 0.3) is 0 Å². The van der Waals surface area contributed by atoms with Crippen LogP contribution >= 0.6 is 0 Å². The Labute approximate surface area is 104 Å². The van der Waals surface area contributed by atoms with Gasteiger partial charge in [-0.3, -0.25) is 10.1 Å². The van der Waals surface area contributed by atoms with Crippen LogP contribution in [-0.4, -0.2) is 24.7 Å². The maximum Gasteiger partial charge on any atom is 0.274 e. The zero-order valence-electron chi connectivity index (χ0n) is 9.89. The van der Waals surface area contributed by atoms with Gasteiger partial charge in [0.05, 0.1) is 11.5 Å². The standard InChI is InChI=1S/C12H15FN2O3/c13-11-1-2-12(15(16)17)10(5-11)7-14-6-9-3-4-18-8-9/h1-2,5,9,14H,3-4,6-8H2. The third-order valence-corrected chi connectivity index (χ3v) is 3.01. The van der Waals surface area contributed by atoms with Crippen LogP contribution in [0.1, 0.15) is 12.0 Å². The Morgan fingerprint density at radius 1 is 1.56 bits per heavy atom. The van der Waals surface area contributed by atoms with Crippen molar-refractivity contribution in [3.05, 3.63) is 39.7 Å². The molecule has 1 aliphatic rings. The number of ether oxygens (including phenoxy) is 1. The van der Waals surface area contributed by atoms with Gasteiger partial charge in [0, 0.05) is 31.3 Å². The molecule has 2 rings (SSSR count). The molecule has 0 aromatic heterocycles. The van der Waals surface area contributed by atoms with Crippen molar-refractivity contribution in [3.8, 4) is 0 Å². The summed E-state index contributed by atoms with van der Waals surface area (Å²) >= 11 is 0. The summed E-state index contributed by atoms with van der Waals surface area (Å²) in [5.74, 6) is -0.0146. The van der Waals surface area contributed by atoms with Crippen molar-refractivity contribution in [2.75, 3.05) is 19.8 Å². The summed E-state index contributed by atoms with van der Waals surface area (Å²) in [7, 11) is 0. The van der Waals surface area contributed by atoms with Gasteiger partial charge in [-0.1, -0.05) is 0 Å². The van der Waals surface area contributed by atoms with Gasteiger partial charge >= 0.3 is 0 Å². The largest absolute Gasteiger partial charge is 0.381 e. The van der Waals surface area contributed by atoms with Crippen LogP contribution in [0.15, 0.2) is 18.2 Å². The molecular weight excluding hydrogens is 239 g/mol. The van der Waals surface area contributed by atoms with E-state index in [2.05, 4.69) is 5.32 Å². The summed E-state index contributed by atoms with van der Waals surface area (Å²) in [6.07, 6.45) is 0.998. The van der Waals surface area contributed by atoms with Gasteiger partial charge in [0.2, 0.25) is 0 Å². The number of nitro benzene ring substituents is 1. The highest BCUT2D eigenvalue weighted by Gasteiger charge is 2.17. The highest BCUT2D eigenvalue weighted by Crippen LogP contribution is 2.19. The first-order valence-corrected chi connectivity index (χ1v) is 5.88. The van der Waals surface area contributed by atoms with Crippen LogP contribution in [0, 0.1) is 21.8 Å². The zero-order valence-corrected chi connectivity index (χ0v) is 9.89. The Kier molecular flexibility index (Phi) is 4.22. The van der Waals surface area contributed by atoms with Gasteiger partial charge in [-0.15, -0.1) is 0 Å². The Balaban J connectivity index is 1.94. The fourth-order valence-corrected chi connectivity index (χ4v) is 2.03. The Morgan fingerprint density at radius 3 is 3.06 bits per heavy atom. The first-order valence-electron chi connectivity index (χ1n) is 5.88. The van der Waals surface area contributed by atoms with Crippen molar-refractivity contribution in [1.29, 1.82) is 0 Å². The molecule has 1 atom stereocenters. The summed E-state index contributed by atoms with van der Waals surface area (Å²) in [6, 6.07) is 3.51. The van der Waals surface area contributed by atoms with E-state index in [1.807, 2.05) is 0 Å². The van der Waals surface area contributed by atoms with Crippen molar-refractivity contribution >= 4 is 5.69 Å². The Hall–Kier alpha value is -1.53. The quantitative estimate of drug-likeness (QED) is 0.643. The molecule has 1 heterocycles. The molecular formula is C12H15FN2O3. The number of rotatable bonds is 5. The van der Waals surface area contributed by atoms with E-state index in [0.717, 1.165) is 32.2 Å². The molecule has 18 heavy (non-hydrogen) atoms. The molecule has 0 bridgehead atoms. The fraction of sp³-hybridized carbons (Fsp3) is 0.500. The Bertz CT molecular complexity index is 433. The first-order chi connectivity index (χ1) is 8.66. The van der Waals surface area contributed by atoms with Gasteiger partial charge in [-0.2, -0.15) is 0 Å². The maximum absolute atomic E-state index is 13.1. The molecule has 0 amide bonds. The molecule has 1 aliphatic heterocycles. The van der Waals surface area contributed by atoms with Crippen LogP contribution in [0.5, 0.6) is 0 Å². The molecule has 6 heteroatoms. The monoisotopic (exact) mass is 254 g/mol. The van der Waals surface area contributed by atoms with Crippen molar-refractivity contribution in [3.63, 3.8) is 0 Å².